The predicted octanol–water partition coefficient (Wildman–Crippen LogP) is 1.50. The lowest BCUT2D eigenvalue weighted by Gasteiger charge is -2.10. The Labute approximate surface area is 151 Å². The molecular weight excluding hydrogens is 338 g/mol. The van der Waals surface area contributed by atoms with Crippen molar-refractivity contribution in [1.82, 2.24) is 10.7 Å². The molecule has 2 aromatic rings. The Bertz CT molecular complexity index is 756. The van der Waals surface area contributed by atoms with Crippen LogP contribution < -0.4 is 20.2 Å². The molecule has 26 heavy (non-hydrogen) atoms. The Balaban J connectivity index is 1.70. The van der Waals surface area contributed by atoms with E-state index in [4.69, 9.17) is 13.9 Å². The normalized spacial score (nSPS) is 10.5. The lowest BCUT2D eigenvalue weighted by Crippen LogP contribution is -2.31. The van der Waals surface area contributed by atoms with Gasteiger partial charge in [0.05, 0.1) is 26.7 Å². The molecule has 0 bridgehead atoms. The molecule has 0 radical (unpaired) electrons. The van der Waals surface area contributed by atoms with Crippen molar-refractivity contribution in [3.8, 4) is 11.5 Å². The van der Waals surface area contributed by atoms with Gasteiger partial charge in [0.25, 0.3) is 0 Å². The Morgan fingerprint density at radius 1 is 1.15 bits per heavy atom. The summed E-state index contributed by atoms with van der Waals surface area (Å²) in [4.78, 5) is 23.4. The van der Waals surface area contributed by atoms with Crippen molar-refractivity contribution in [1.29, 1.82) is 0 Å². The van der Waals surface area contributed by atoms with E-state index >= 15 is 0 Å². The number of benzene rings is 1. The van der Waals surface area contributed by atoms with Crippen molar-refractivity contribution in [2.75, 3.05) is 20.8 Å². The molecule has 2 N–H and O–H groups in total. The van der Waals surface area contributed by atoms with Gasteiger partial charge in [-0.2, -0.15) is 5.10 Å². The molecule has 0 atom stereocenters. The molecule has 8 heteroatoms. The molecule has 2 rings (SSSR count). The highest BCUT2D eigenvalue weighted by Crippen LogP contribution is 2.27. The summed E-state index contributed by atoms with van der Waals surface area (Å²) in [5.74, 6) is 0.898. The first kappa shape index (κ1) is 19.0. The smallest absolute Gasteiger partial charge is 0.249 e. The highest BCUT2D eigenvalue weighted by atomic mass is 16.5. The van der Waals surface area contributed by atoms with Crippen molar-refractivity contribution in [3.63, 3.8) is 0 Å². The Hall–Kier alpha value is -3.29. The highest BCUT2D eigenvalue weighted by Gasteiger charge is 2.09. The van der Waals surface area contributed by atoms with Crippen LogP contribution in [0.25, 0.3) is 0 Å². The van der Waals surface area contributed by atoms with Crippen LogP contribution in [0.1, 0.15) is 17.7 Å². The summed E-state index contributed by atoms with van der Waals surface area (Å²) in [6, 6.07) is 8.94. The number of ether oxygens (including phenoxy) is 2. The maximum Gasteiger partial charge on any atom is 0.249 e. The average molecular weight is 359 g/mol. The number of nitrogens with zero attached hydrogens (tertiary/aromatic N) is 1. The number of hydrazone groups is 1. The Kier molecular flexibility index (Phi) is 7.23. The van der Waals surface area contributed by atoms with Crippen molar-refractivity contribution in [3.05, 3.63) is 47.9 Å². The van der Waals surface area contributed by atoms with Gasteiger partial charge in [0.2, 0.25) is 11.8 Å². The number of hydrogen-bond acceptors (Lipinski definition) is 6. The number of nitrogens with one attached hydrogen (secondary N) is 2. The minimum absolute atomic E-state index is 0.304. The van der Waals surface area contributed by atoms with E-state index in [1.165, 1.54) is 12.5 Å². The number of amides is 2. The van der Waals surface area contributed by atoms with Gasteiger partial charge in [-0.3, -0.25) is 9.59 Å². The molecule has 2 amide bonds. The fourth-order valence-corrected chi connectivity index (χ4v) is 2.16. The Morgan fingerprint density at radius 2 is 1.96 bits per heavy atom. The van der Waals surface area contributed by atoms with Gasteiger partial charge in [0.1, 0.15) is 12.2 Å². The van der Waals surface area contributed by atoms with Gasteiger partial charge in [-0.25, -0.2) is 5.43 Å². The summed E-state index contributed by atoms with van der Waals surface area (Å²) >= 11 is 0. The zero-order valence-electron chi connectivity index (χ0n) is 14.7. The van der Waals surface area contributed by atoms with E-state index in [0.29, 0.717) is 30.2 Å². The molecule has 0 fully saturated rings. The number of furan rings is 1. The second kappa shape index (κ2) is 9.87. The van der Waals surface area contributed by atoms with Gasteiger partial charge in [0.15, 0.2) is 11.5 Å². The number of rotatable bonds is 9. The minimum Gasteiger partial charge on any atom is -0.493 e. The molecule has 0 saturated carbocycles. The maximum absolute atomic E-state index is 11.8. The van der Waals surface area contributed by atoms with Gasteiger partial charge < -0.3 is 19.2 Å². The predicted molar refractivity (Wildman–Crippen MR) is 95.3 cm³/mol. The summed E-state index contributed by atoms with van der Waals surface area (Å²) in [5.41, 5.74) is 3.25. The first-order valence-electron chi connectivity index (χ1n) is 7.95. The zero-order chi connectivity index (χ0) is 18.8. The van der Waals surface area contributed by atoms with Crippen LogP contribution in [0.5, 0.6) is 11.5 Å². The molecule has 0 unspecified atom stereocenters. The second-order valence-electron chi connectivity index (χ2n) is 5.27. The van der Waals surface area contributed by atoms with E-state index in [-0.39, 0.29) is 12.3 Å². The van der Waals surface area contributed by atoms with Crippen molar-refractivity contribution >= 4 is 18.0 Å². The second-order valence-corrected chi connectivity index (χ2v) is 5.27. The van der Waals surface area contributed by atoms with Gasteiger partial charge in [-0.1, -0.05) is 6.07 Å². The molecular formula is C18H21N3O5. The largest absolute Gasteiger partial charge is 0.493 e. The lowest BCUT2D eigenvalue weighted by atomic mass is 10.1. The van der Waals surface area contributed by atoms with E-state index in [9.17, 15) is 9.59 Å². The van der Waals surface area contributed by atoms with Gasteiger partial charge >= 0.3 is 0 Å². The molecule has 0 aliphatic carbocycles. The van der Waals surface area contributed by atoms with Crippen molar-refractivity contribution < 1.29 is 23.5 Å². The highest BCUT2D eigenvalue weighted by molar-refractivity contribution is 5.97. The van der Waals surface area contributed by atoms with Crippen LogP contribution in [0, 0.1) is 0 Å². The third kappa shape index (κ3) is 5.97. The molecule has 138 valence electrons. The average Bonchev–Trinajstić information content (AvgIpc) is 3.15. The molecule has 0 aliphatic rings. The van der Waals surface area contributed by atoms with Gasteiger partial charge in [-0.15, -0.1) is 0 Å². The molecule has 0 saturated heterocycles. The van der Waals surface area contributed by atoms with E-state index in [2.05, 4.69) is 15.8 Å². The SMILES string of the molecule is COc1ccc(CCNC(=O)CC(=O)N/N=C/c2ccco2)cc1OC. The molecule has 1 aromatic heterocycles. The molecule has 0 aliphatic heterocycles. The first-order chi connectivity index (χ1) is 12.6. The van der Waals surface area contributed by atoms with E-state index < -0.39 is 5.91 Å². The molecule has 1 aromatic carbocycles. The standard InChI is InChI=1S/C18H21N3O5/c1-24-15-6-5-13(10-16(15)25-2)7-8-19-17(22)11-18(23)21-20-12-14-4-3-9-26-14/h3-6,9-10,12H,7-8,11H2,1-2H3,(H,19,22)(H,21,23)/b20-12+. The number of methoxy groups -OCH3 is 2. The number of carbonyl (C=O) groups excluding carboxylic acids is 2. The summed E-state index contributed by atoms with van der Waals surface area (Å²) in [6.45, 7) is 0.400. The summed E-state index contributed by atoms with van der Waals surface area (Å²) in [6.07, 6.45) is 3.15. The summed E-state index contributed by atoms with van der Waals surface area (Å²) < 4.78 is 15.4. The Morgan fingerprint density at radius 3 is 2.65 bits per heavy atom. The van der Waals surface area contributed by atoms with Crippen molar-refractivity contribution in [2.24, 2.45) is 5.10 Å². The van der Waals surface area contributed by atoms with Gasteiger partial charge in [-0.05, 0) is 36.2 Å². The molecule has 8 nitrogen and oxygen atoms in total. The zero-order valence-corrected chi connectivity index (χ0v) is 14.7. The van der Waals surface area contributed by atoms with Crippen molar-refractivity contribution in [2.45, 2.75) is 12.8 Å². The minimum atomic E-state index is -0.503. The van der Waals surface area contributed by atoms with Crippen LogP contribution in [0.4, 0.5) is 0 Å². The molecule has 1 heterocycles. The number of carbonyl (C=O) groups is 2. The topological polar surface area (TPSA) is 102 Å². The fraction of sp³-hybridized carbons (Fsp3) is 0.278. The summed E-state index contributed by atoms with van der Waals surface area (Å²) in [7, 11) is 3.14. The third-order valence-corrected chi connectivity index (χ3v) is 3.43. The van der Waals surface area contributed by atoms with Crippen LogP contribution in [-0.2, 0) is 16.0 Å². The summed E-state index contributed by atoms with van der Waals surface area (Å²) in [5, 5.41) is 6.40. The first-order valence-corrected chi connectivity index (χ1v) is 7.95. The van der Waals surface area contributed by atoms with Crippen LogP contribution in [0.3, 0.4) is 0 Å². The number of hydrogen-bond donors (Lipinski definition) is 2. The van der Waals surface area contributed by atoms with Crippen LogP contribution in [0.2, 0.25) is 0 Å². The van der Waals surface area contributed by atoms with E-state index in [0.717, 1.165) is 5.56 Å². The molecule has 0 spiro atoms. The fourth-order valence-electron chi connectivity index (χ4n) is 2.16. The van der Waals surface area contributed by atoms with Crippen LogP contribution >= 0.6 is 0 Å². The van der Waals surface area contributed by atoms with E-state index in [1.54, 1.807) is 32.4 Å². The van der Waals surface area contributed by atoms with E-state index in [1.807, 2.05) is 12.1 Å². The quantitative estimate of drug-likeness (QED) is 0.401. The monoisotopic (exact) mass is 359 g/mol. The van der Waals surface area contributed by atoms with Crippen LogP contribution in [-0.4, -0.2) is 38.8 Å². The lowest BCUT2D eigenvalue weighted by molar-refractivity contribution is -0.129. The third-order valence-electron chi connectivity index (χ3n) is 3.43. The van der Waals surface area contributed by atoms with Crippen LogP contribution in [0.15, 0.2) is 46.1 Å². The van der Waals surface area contributed by atoms with Gasteiger partial charge in [0, 0.05) is 6.54 Å². The maximum atomic E-state index is 11.8.